The number of fused-ring (bicyclic) bond motifs is 1. The molecule has 4 heterocycles. The number of aryl methyl sites for hydroxylation is 1. The smallest absolute Gasteiger partial charge is 0.240 e. The van der Waals surface area contributed by atoms with Crippen LogP contribution in [0.5, 0.6) is 0 Å². The van der Waals surface area contributed by atoms with Gasteiger partial charge in [0.1, 0.15) is 11.6 Å². The molecule has 0 unspecified atom stereocenters. The topological polar surface area (TPSA) is 66.3 Å². The van der Waals surface area contributed by atoms with E-state index in [2.05, 4.69) is 36.9 Å². The summed E-state index contributed by atoms with van der Waals surface area (Å²) in [7, 11) is 2.12. The molecule has 24 heavy (non-hydrogen) atoms. The Bertz CT molecular complexity index is 621. The van der Waals surface area contributed by atoms with E-state index in [1.807, 2.05) is 6.92 Å². The monoisotopic (exact) mass is 332 g/mol. The number of nitrogens with one attached hydrogen (secondary N) is 1. The Morgan fingerprint density at radius 1 is 1.21 bits per heavy atom. The van der Waals surface area contributed by atoms with Gasteiger partial charge in [-0.3, -0.25) is 9.69 Å². The number of amides is 1. The van der Waals surface area contributed by atoms with E-state index in [4.69, 9.17) is 0 Å². The fourth-order valence-corrected chi connectivity index (χ4v) is 4.76. The van der Waals surface area contributed by atoms with Gasteiger partial charge in [0.05, 0.1) is 6.04 Å². The molecule has 1 atom stereocenters. The number of hydrogen-bond donors (Lipinski definition) is 1. The van der Waals surface area contributed by atoms with Gasteiger partial charge in [0.15, 0.2) is 0 Å². The van der Waals surface area contributed by atoms with Gasteiger partial charge >= 0.3 is 0 Å². The van der Waals surface area contributed by atoms with Crippen molar-refractivity contribution in [2.45, 2.75) is 45.2 Å². The summed E-state index contributed by atoms with van der Waals surface area (Å²) in [5.74, 6) is 2.27. The fraction of sp³-hybridized carbons (Fsp3) is 0.824. The van der Waals surface area contributed by atoms with E-state index >= 15 is 0 Å². The number of carbonyl (C=O) groups is 1. The van der Waals surface area contributed by atoms with E-state index in [1.54, 1.807) is 0 Å². The third-order valence-corrected chi connectivity index (χ3v) is 6.22. The van der Waals surface area contributed by atoms with E-state index in [0.29, 0.717) is 11.3 Å². The average Bonchev–Trinajstić information content (AvgIpc) is 2.99. The molecule has 1 aromatic heterocycles. The Kier molecular flexibility index (Phi) is 4.08. The zero-order chi connectivity index (χ0) is 16.7. The van der Waals surface area contributed by atoms with Crippen molar-refractivity contribution in [3.63, 3.8) is 0 Å². The molecule has 2 fully saturated rings. The van der Waals surface area contributed by atoms with E-state index in [0.717, 1.165) is 63.8 Å². The molecule has 7 heteroatoms. The van der Waals surface area contributed by atoms with Crippen molar-refractivity contribution >= 4 is 5.91 Å². The van der Waals surface area contributed by atoms with Crippen LogP contribution >= 0.6 is 0 Å². The lowest BCUT2D eigenvalue weighted by atomic mass is 9.77. The molecule has 1 amide bonds. The lowest BCUT2D eigenvalue weighted by Gasteiger charge is -2.33. The first-order valence-corrected chi connectivity index (χ1v) is 9.16. The molecule has 0 saturated carbocycles. The zero-order valence-electron chi connectivity index (χ0n) is 14.8. The standard InChI is InChI=1S/C17H28N6O/c1-13-19-20-15-3-8-22(9-10-23(13)15)16(24)14-11-17(12-21(14)2)4-6-18-7-5-17/h14,18H,3-12H2,1-2H3/t14-/m1/s1. The third kappa shape index (κ3) is 2.73. The van der Waals surface area contributed by atoms with Gasteiger partial charge in [-0.2, -0.15) is 0 Å². The molecular formula is C17H28N6O. The van der Waals surface area contributed by atoms with Gasteiger partial charge in [0.2, 0.25) is 5.91 Å². The lowest BCUT2D eigenvalue weighted by molar-refractivity contribution is -0.135. The molecular weight excluding hydrogens is 304 g/mol. The summed E-state index contributed by atoms with van der Waals surface area (Å²) >= 11 is 0. The van der Waals surface area contributed by atoms with Crippen LogP contribution in [0.15, 0.2) is 0 Å². The quantitative estimate of drug-likeness (QED) is 0.787. The maximum Gasteiger partial charge on any atom is 0.240 e. The predicted molar refractivity (Wildman–Crippen MR) is 90.6 cm³/mol. The molecule has 132 valence electrons. The molecule has 0 radical (unpaired) electrons. The number of nitrogens with zero attached hydrogens (tertiary/aromatic N) is 5. The number of hydrogen-bond acceptors (Lipinski definition) is 5. The van der Waals surface area contributed by atoms with Gasteiger partial charge in [-0.25, -0.2) is 0 Å². The summed E-state index contributed by atoms with van der Waals surface area (Å²) in [6.07, 6.45) is 4.21. The normalized spacial score (nSPS) is 27.2. The van der Waals surface area contributed by atoms with Crippen molar-refractivity contribution in [3.05, 3.63) is 11.6 Å². The van der Waals surface area contributed by atoms with Crippen LogP contribution in [-0.4, -0.2) is 76.3 Å². The molecule has 0 aromatic carbocycles. The Hall–Kier alpha value is -1.47. The Labute approximate surface area is 143 Å². The molecule has 3 aliphatic rings. The first kappa shape index (κ1) is 16.0. The van der Waals surface area contributed by atoms with Crippen molar-refractivity contribution in [1.29, 1.82) is 0 Å². The van der Waals surface area contributed by atoms with E-state index in [9.17, 15) is 4.79 Å². The highest BCUT2D eigenvalue weighted by Gasteiger charge is 2.46. The minimum atomic E-state index is 0.0488. The first-order chi connectivity index (χ1) is 11.6. The van der Waals surface area contributed by atoms with Gasteiger partial charge in [0, 0.05) is 32.6 Å². The third-order valence-electron chi connectivity index (χ3n) is 6.22. The second-order valence-corrected chi connectivity index (χ2v) is 7.78. The number of likely N-dealkylation sites (tertiary alicyclic amines) is 1. The molecule has 7 nitrogen and oxygen atoms in total. The van der Waals surface area contributed by atoms with E-state index < -0.39 is 0 Å². The maximum atomic E-state index is 13.2. The van der Waals surface area contributed by atoms with Crippen LogP contribution in [0.4, 0.5) is 0 Å². The second kappa shape index (κ2) is 6.11. The summed E-state index contributed by atoms with van der Waals surface area (Å²) in [5, 5.41) is 11.8. The van der Waals surface area contributed by atoms with Crippen LogP contribution in [0.1, 0.15) is 30.9 Å². The van der Waals surface area contributed by atoms with Crippen LogP contribution in [0.2, 0.25) is 0 Å². The molecule has 0 bridgehead atoms. The van der Waals surface area contributed by atoms with Crippen molar-refractivity contribution in [3.8, 4) is 0 Å². The first-order valence-electron chi connectivity index (χ1n) is 9.16. The van der Waals surface area contributed by atoms with Crippen LogP contribution in [0, 0.1) is 12.3 Å². The molecule has 0 aliphatic carbocycles. The summed E-state index contributed by atoms with van der Waals surface area (Å²) in [6.45, 7) is 7.56. The predicted octanol–water partition coefficient (Wildman–Crippen LogP) is 0.0451. The molecule has 4 rings (SSSR count). The number of rotatable bonds is 1. The highest BCUT2D eigenvalue weighted by molar-refractivity contribution is 5.82. The largest absolute Gasteiger partial charge is 0.339 e. The molecule has 3 aliphatic heterocycles. The Balaban J connectivity index is 1.44. The second-order valence-electron chi connectivity index (χ2n) is 7.78. The SMILES string of the molecule is Cc1nnc2n1CCN(C(=O)[C@H]1CC3(CCNCC3)CN1C)CC2. The van der Waals surface area contributed by atoms with Crippen molar-refractivity contribution in [2.24, 2.45) is 5.41 Å². The zero-order valence-corrected chi connectivity index (χ0v) is 14.8. The van der Waals surface area contributed by atoms with Crippen molar-refractivity contribution < 1.29 is 4.79 Å². The van der Waals surface area contributed by atoms with Crippen LogP contribution in [-0.2, 0) is 17.8 Å². The van der Waals surface area contributed by atoms with Gasteiger partial charge in [-0.15, -0.1) is 10.2 Å². The average molecular weight is 332 g/mol. The summed E-state index contributed by atoms with van der Waals surface area (Å²) in [6, 6.07) is 0.0488. The van der Waals surface area contributed by atoms with Crippen molar-refractivity contribution in [2.75, 3.05) is 39.8 Å². The number of piperidine rings is 1. The highest BCUT2D eigenvalue weighted by Crippen LogP contribution is 2.41. The van der Waals surface area contributed by atoms with Gasteiger partial charge in [-0.1, -0.05) is 0 Å². The lowest BCUT2D eigenvalue weighted by Crippen LogP contribution is -2.45. The number of aromatic nitrogens is 3. The highest BCUT2D eigenvalue weighted by atomic mass is 16.2. The number of likely N-dealkylation sites (N-methyl/N-ethyl adjacent to an activating group) is 1. The summed E-state index contributed by atoms with van der Waals surface area (Å²) in [4.78, 5) is 17.5. The molecule has 2 saturated heterocycles. The van der Waals surface area contributed by atoms with E-state index in [1.165, 1.54) is 12.8 Å². The van der Waals surface area contributed by atoms with Gasteiger partial charge < -0.3 is 14.8 Å². The van der Waals surface area contributed by atoms with Gasteiger partial charge in [0.25, 0.3) is 0 Å². The van der Waals surface area contributed by atoms with Crippen LogP contribution in [0.3, 0.4) is 0 Å². The minimum absolute atomic E-state index is 0.0488. The maximum absolute atomic E-state index is 13.2. The summed E-state index contributed by atoms with van der Waals surface area (Å²) in [5.41, 5.74) is 0.347. The van der Waals surface area contributed by atoms with E-state index in [-0.39, 0.29) is 6.04 Å². The molecule has 1 aromatic rings. The van der Waals surface area contributed by atoms with Crippen molar-refractivity contribution in [1.82, 2.24) is 29.9 Å². The number of carbonyl (C=O) groups excluding carboxylic acids is 1. The Morgan fingerprint density at radius 3 is 2.79 bits per heavy atom. The molecule has 1 spiro atoms. The van der Waals surface area contributed by atoms with Crippen LogP contribution < -0.4 is 5.32 Å². The fourth-order valence-electron chi connectivity index (χ4n) is 4.76. The minimum Gasteiger partial charge on any atom is -0.339 e. The summed E-state index contributed by atoms with van der Waals surface area (Å²) < 4.78 is 2.15. The Morgan fingerprint density at radius 2 is 2.00 bits per heavy atom. The van der Waals surface area contributed by atoms with Gasteiger partial charge in [-0.05, 0) is 51.7 Å². The van der Waals surface area contributed by atoms with Crippen LogP contribution in [0.25, 0.3) is 0 Å². The molecule has 1 N–H and O–H groups in total.